The molecule has 0 spiro atoms. The normalized spacial score (nSPS) is 23.6. The summed E-state index contributed by atoms with van der Waals surface area (Å²) in [5.74, 6) is 0.0929. The molecule has 0 bridgehead atoms. The summed E-state index contributed by atoms with van der Waals surface area (Å²) in [6.45, 7) is 1.47. The van der Waals surface area contributed by atoms with E-state index < -0.39 is 0 Å². The van der Waals surface area contributed by atoms with Gasteiger partial charge in [-0.3, -0.25) is 4.79 Å². The number of hydrogen-bond acceptors (Lipinski definition) is 4. The molecule has 5 heteroatoms. The number of aliphatic hydroxyl groups excluding tert-OH is 1. The SMILES string of the molecule is O=C(CC1CC(OCc2ccccc2)CN1)NC1CCCc2cc(CO)ccc21. The number of aliphatic hydroxyl groups is 1. The maximum atomic E-state index is 12.7. The van der Waals surface area contributed by atoms with Crippen LogP contribution >= 0.6 is 0 Å². The largest absolute Gasteiger partial charge is 0.392 e. The number of hydrogen-bond donors (Lipinski definition) is 3. The van der Waals surface area contributed by atoms with E-state index >= 15 is 0 Å². The molecule has 2 aromatic carbocycles. The third-order valence-corrected chi connectivity index (χ3v) is 5.98. The highest BCUT2D eigenvalue weighted by molar-refractivity contribution is 5.77. The van der Waals surface area contributed by atoms with Gasteiger partial charge in [0.1, 0.15) is 0 Å². The first-order valence-electron chi connectivity index (χ1n) is 10.6. The maximum absolute atomic E-state index is 12.7. The number of carbonyl (C=O) groups excluding carboxylic acids is 1. The second-order valence-corrected chi connectivity index (χ2v) is 8.17. The van der Waals surface area contributed by atoms with Crippen LogP contribution in [0.1, 0.15) is 54.0 Å². The lowest BCUT2D eigenvalue weighted by atomic mass is 9.86. The van der Waals surface area contributed by atoms with E-state index in [2.05, 4.69) is 34.9 Å². The molecule has 3 atom stereocenters. The smallest absolute Gasteiger partial charge is 0.222 e. The van der Waals surface area contributed by atoms with Gasteiger partial charge >= 0.3 is 0 Å². The number of ether oxygens (including phenoxy) is 1. The summed E-state index contributed by atoms with van der Waals surface area (Å²) >= 11 is 0. The lowest BCUT2D eigenvalue weighted by Crippen LogP contribution is -2.35. The summed E-state index contributed by atoms with van der Waals surface area (Å²) in [5, 5.41) is 16.0. The summed E-state index contributed by atoms with van der Waals surface area (Å²) < 4.78 is 6.00. The Hall–Kier alpha value is -2.21. The predicted octanol–water partition coefficient (Wildman–Crippen LogP) is 3.01. The minimum Gasteiger partial charge on any atom is -0.392 e. The van der Waals surface area contributed by atoms with Crippen LogP contribution in [0, 0.1) is 0 Å². The first kappa shape index (κ1) is 20.1. The third kappa shape index (κ3) is 5.24. The summed E-state index contributed by atoms with van der Waals surface area (Å²) in [4.78, 5) is 12.7. The van der Waals surface area contributed by atoms with Crippen molar-refractivity contribution >= 4 is 5.91 Å². The molecule has 1 aliphatic heterocycles. The number of amides is 1. The molecule has 1 amide bonds. The number of aryl methyl sites for hydroxylation is 1. The zero-order valence-corrected chi connectivity index (χ0v) is 16.8. The Morgan fingerprint density at radius 3 is 2.86 bits per heavy atom. The van der Waals surface area contributed by atoms with Gasteiger partial charge in [-0.2, -0.15) is 0 Å². The molecule has 1 aliphatic carbocycles. The lowest BCUT2D eigenvalue weighted by molar-refractivity contribution is -0.122. The Labute approximate surface area is 172 Å². The summed E-state index contributed by atoms with van der Waals surface area (Å²) in [5.41, 5.74) is 4.56. The van der Waals surface area contributed by atoms with Gasteiger partial charge < -0.3 is 20.5 Å². The Morgan fingerprint density at radius 1 is 1.17 bits per heavy atom. The van der Waals surface area contributed by atoms with Gasteiger partial charge in [-0.1, -0.05) is 48.5 Å². The Kier molecular flexibility index (Phi) is 6.60. The average Bonchev–Trinajstić information content (AvgIpc) is 3.20. The fourth-order valence-electron chi connectivity index (χ4n) is 4.45. The van der Waals surface area contributed by atoms with Crippen molar-refractivity contribution in [3.63, 3.8) is 0 Å². The van der Waals surface area contributed by atoms with E-state index in [9.17, 15) is 9.90 Å². The van der Waals surface area contributed by atoms with Crippen molar-refractivity contribution < 1.29 is 14.6 Å². The third-order valence-electron chi connectivity index (χ3n) is 5.98. The highest BCUT2D eigenvalue weighted by atomic mass is 16.5. The van der Waals surface area contributed by atoms with Crippen molar-refractivity contribution in [3.05, 3.63) is 70.8 Å². The predicted molar refractivity (Wildman–Crippen MR) is 112 cm³/mol. The van der Waals surface area contributed by atoms with E-state index in [1.165, 1.54) is 16.7 Å². The first-order chi connectivity index (χ1) is 14.2. The molecule has 2 aromatic rings. The van der Waals surface area contributed by atoms with Crippen LogP contribution in [-0.2, 0) is 29.2 Å². The molecular formula is C24H30N2O3. The van der Waals surface area contributed by atoms with Crippen LogP contribution in [0.5, 0.6) is 0 Å². The molecular weight excluding hydrogens is 364 g/mol. The van der Waals surface area contributed by atoms with Crippen LogP contribution in [-0.4, -0.2) is 29.7 Å². The van der Waals surface area contributed by atoms with Crippen molar-refractivity contribution in [1.29, 1.82) is 0 Å². The monoisotopic (exact) mass is 394 g/mol. The summed E-state index contributed by atoms with van der Waals surface area (Å²) in [6, 6.07) is 16.5. The van der Waals surface area contributed by atoms with Gasteiger partial charge in [-0.05, 0) is 47.9 Å². The molecule has 0 radical (unpaired) electrons. The van der Waals surface area contributed by atoms with Crippen molar-refractivity contribution in [2.24, 2.45) is 0 Å². The molecule has 3 unspecified atom stereocenters. The van der Waals surface area contributed by atoms with E-state index in [-0.39, 0.29) is 30.7 Å². The van der Waals surface area contributed by atoms with Crippen molar-refractivity contribution in [2.45, 2.75) is 63.5 Å². The number of rotatable bonds is 7. The van der Waals surface area contributed by atoms with E-state index in [1.54, 1.807) is 0 Å². The van der Waals surface area contributed by atoms with E-state index in [1.807, 2.05) is 24.3 Å². The number of carbonyl (C=O) groups is 1. The minimum atomic E-state index is 0.0607. The standard InChI is InChI=1S/C24H30N2O3/c27-15-18-9-10-22-19(11-18)7-4-8-23(22)26-24(28)13-20-12-21(14-25-20)29-16-17-5-2-1-3-6-17/h1-3,5-6,9-11,20-21,23,25,27H,4,7-8,12-16H2,(H,26,28). The van der Waals surface area contributed by atoms with Crippen LogP contribution in [0.4, 0.5) is 0 Å². The highest BCUT2D eigenvalue weighted by Gasteiger charge is 2.28. The fourth-order valence-corrected chi connectivity index (χ4v) is 4.45. The quantitative estimate of drug-likeness (QED) is 0.675. The molecule has 1 heterocycles. The lowest BCUT2D eigenvalue weighted by Gasteiger charge is -2.27. The molecule has 1 saturated heterocycles. The van der Waals surface area contributed by atoms with Gasteiger partial charge in [0.05, 0.1) is 25.4 Å². The molecule has 154 valence electrons. The zero-order valence-electron chi connectivity index (χ0n) is 16.8. The van der Waals surface area contributed by atoms with Crippen LogP contribution in [0.2, 0.25) is 0 Å². The second kappa shape index (κ2) is 9.53. The molecule has 1 fully saturated rings. The van der Waals surface area contributed by atoms with E-state index in [4.69, 9.17) is 4.74 Å². The molecule has 2 aliphatic rings. The van der Waals surface area contributed by atoms with Crippen LogP contribution < -0.4 is 10.6 Å². The van der Waals surface area contributed by atoms with Gasteiger partial charge in [0, 0.05) is 19.0 Å². The topological polar surface area (TPSA) is 70.6 Å². The van der Waals surface area contributed by atoms with Crippen LogP contribution in [0.3, 0.4) is 0 Å². The molecule has 4 rings (SSSR count). The molecule has 0 saturated carbocycles. The Morgan fingerprint density at radius 2 is 2.03 bits per heavy atom. The first-order valence-corrected chi connectivity index (χ1v) is 10.6. The number of benzene rings is 2. The van der Waals surface area contributed by atoms with Crippen molar-refractivity contribution in [2.75, 3.05) is 6.54 Å². The molecule has 0 aromatic heterocycles. The fraction of sp³-hybridized carbons (Fsp3) is 0.458. The molecule has 3 N–H and O–H groups in total. The average molecular weight is 395 g/mol. The maximum Gasteiger partial charge on any atom is 0.222 e. The van der Waals surface area contributed by atoms with E-state index in [0.717, 1.165) is 37.8 Å². The number of nitrogens with one attached hydrogen (secondary N) is 2. The number of fused-ring (bicyclic) bond motifs is 1. The van der Waals surface area contributed by atoms with Crippen LogP contribution in [0.25, 0.3) is 0 Å². The Balaban J connectivity index is 1.25. The van der Waals surface area contributed by atoms with Gasteiger partial charge in [-0.25, -0.2) is 0 Å². The molecule has 5 nitrogen and oxygen atoms in total. The van der Waals surface area contributed by atoms with Crippen molar-refractivity contribution in [3.8, 4) is 0 Å². The van der Waals surface area contributed by atoms with Crippen LogP contribution in [0.15, 0.2) is 48.5 Å². The van der Waals surface area contributed by atoms with Gasteiger partial charge in [0.25, 0.3) is 0 Å². The minimum absolute atomic E-state index is 0.0607. The summed E-state index contributed by atoms with van der Waals surface area (Å²) in [6.07, 6.45) is 4.54. The zero-order chi connectivity index (χ0) is 20.1. The van der Waals surface area contributed by atoms with Gasteiger partial charge in [0.15, 0.2) is 0 Å². The van der Waals surface area contributed by atoms with Gasteiger partial charge in [0.2, 0.25) is 5.91 Å². The highest BCUT2D eigenvalue weighted by Crippen LogP contribution is 2.30. The molecule has 29 heavy (non-hydrogen) atoms. The second-order valence-electron chi connectivity index (χ2n) is 8.17. The Bertz CT molecular complexity index is 824. The van der Waals surface area contributed by atoms with Crippen molar-refractivity contribution in [1.82, 2.24) is 10.6 Å². The van der Waals surface area contributed by atoms with Gasteiger partial charge in [-0.15, -0.1) is 0 Å². The summed E-state index contributed by atoms with van der Waals surface area (Å²) in [7, 11) is 0. The van der Waals surface area contributed by atoms with E-state index in [0.29, 0.717) is 13.0 Å².